The third-order valence-corrected chi connectivity index (χ3v) is 4.28. The highest BCUT2D eigenvalue weighted by Crippen LogP contribution is 2.34. The quantitative estimate of drug-likeness (QED) is 0.534. The molecular formula is C11H7ClN4S2. The van der Waals surface area contributed by atoms with Crippen LogP contribution in [0.5, 0.6) is 0 Å². The fourth-order valence-corrected chi connectivity index (χ4v) is 3.54. The standard InChI is InChI=1S/C11H7ClN4S2/c1-6-4-7-9(17-6)15-11(12)16-10(7)18-8-2-3-13-5-14-8/h2-5H,1H3. The van der Waals surface area contributed by atoms with E-state index in [0.717, 1.165) is 20.3 Å². The molecule has 3 aromatic rings. The van der Waals surface area contributed by atoms with E-state index in [0.29, 0.717) is 0 Å². The van der Waals surface area contributed by atoms with Gasteiger partial charge in [-0.2, -0.15) is 0 Å². The molecule has 0 N–H and O–H groups in total. The number of nitrogens with zero attached hydrogens (tertiary/aromatic N) is 4. The van der Waals surface area contributed by atoms with Crippen molar-refractivity contribution in [2.24, 2.45) is 0 Å². The second kappa shape index (κ2) is 4.79. The molecule has 0 spiro atoms. The second-order valence-corrected chi connectivity index (χ2v) is 6.11. The van der Waals surface area contributed by atoms with Crippen molar-refractivity contribution in [1.82, 2.24) is 19.9 Å². The molecule has 90 valence electrons. The molecule has 0 aliphatic heterocycles. The molecule has 0 amide bonds. The van der Waals surface area contributed by atoms with E-state index >= 15 is 0 Å². The Labute approximate surface area is 116 Å². The molecule has 0 unspecified atom stereocenters. The van der Waals surface area contributed by atoms with Crippen molar-refractivity contribution in [1.29, 1.82) is 0 Å². The molecular weight excluding hydrogens is 288 g/mol. The Morgan fingerprint density at radius 3 is 3.00 bits per heavy atom. The van der Waals surface area contributed by atoms with Crippen molar-refractivity contribution in [2.45, 2.75) is 17.0 Å². The number of thiophene rings is 1. The van der Waals surface area contributed by atoms with Gasteiger partial charge in [-0.1, -0.05) is 0 Å². The first-order valence-corrected chi connectivity index (χ1v) is 7.11. The molecule has 4 nitrogen and oxygen atoms in total. The van der Waals surface area contributed by atoms with Gasteiger partial charge in [0, 0.05) is 16.5 Å². The van der Waals surface area contributed by atoms with Crippen molar-refractivity contribution in [3.05, 3.63) is 34.8 Å². The summed E-state index contributed by atoms with van der Waals surface area (Å²) in [5.41, 5.74) is 0. The zero-order chi connectivity index (χ0) is 12.5. The first-order chi connectivity index (χ1) is 8.72. The normalized spacial score (nSPS) is 11.0. The zero-order valence-electron chi connectivity index (χ0n) is 9.29. The van der Waals surface area contributed by atoms with E-state index in [1.54, 1.807) is 17.5 Å². The van der Waals surface area contributed by atoms with Gasteiger partial charge in [0.1, 0.15) is 21.2 Å². The van der Waals surface area contributed by atoms with Gasteiger partial charge in [-0.05, 0) is 42.4 Å². The van der Waals surface area contributed by atoms with Gasteiger partial charge < -0.3 is 0 Å². The van der Waals surface area contributed by atoms with Crippen LogP contribution >= 0.6 is 34.7 Å². The molecule has 7 heteroatoms. The maximum absolute atomic E-state index is 5.94. The highest BCUT2D eigenvalue weighted by atomic mass is 35.5. The predicted molar refractivity (Wildman–Crippen MR) is 73.3 cm³/mol. The second-order valence-electron chi connectivity index (χ2n) is 3.52. The summed E-state index contributed by atoms with van der Waals surface area (Å²) in [7, 11) is 0. The molecule has 0 fully saturated rings. The monoisotopic (exact) mass is 294 g/mol. The van der Waals surface area contributed by atoms with Crippen LogP contribution in [-0.4, -0.2) is 19.9 Å². The third-order valence-electron chi connectivity index (χ3n) is 2.21. The van der Waals surface area contributed by atoms with Gasteiger partial charge in [0.2, 0.25) is 5.28 Å². The van der Waals surface area contributed by atoms with Gasteiger partial charge in [0.05, 0.1) is 0 Å². The van der Waals surface area contributed by atoms with Crippen molar-refractivity contribution in [3.63, 3.8) is 0 Å². The van der Waals surface area contributed by atoms with Crippen LogP contribution in [0.2, 0.25) is 5.28 Å². The summed E-state index contributed by atoms with van der Waals surface area (Å²) < 4.78 is 0. The van der Waals surface area contributed by atoms with Gasteiger partial charge in [-0.3, -0.25) is 0 Å². The lowest BCUT2D eigenvalue weighted by atomic mass is 10.4. The van der Waals surface area contributed by atoms with Crippen LogP contribution in [0.4, 0.5) is 0 Å². The lowest BCUT2D eigenvalue weighted by Gasteiger charge is -2.01. The Balaban J connectivity index is 2.10. The molecule has 0 radical (unpaired) electrons. The van der Waals surface area contributed by atoms with E-state index in [2.05, 4.69) is 26.0 Å². The summed E-state index contributed by atoms with van der Waals surface area (Å²) in [4.78, 5) is 18.7. The van der Waals surface area contributed by atoms with E-state index in [1.165, 1.54) is 23.0 Å². The smallest absolute Gasteiger partial charge is 0.224 e. The minimum atomic E-state index is 0.265. The SMILES string of the molecule is Cc1cc2c(Sc3ccncn3)nc(Cl)nc2s1. The highest BCUT2D eigenvalue weighted by molar-refractivity contribution is 7.99. The third kappa shape index (κ3) is 2.31. The summed E-state index contributed by atoms with van der Waals surface area (Å²) in [5, 5.41) is 2.95. The summed E-state index contributed by atoms with van der Waals surface area (Å²) in [6.07, 6.45) is 3.22. The van der Waals surface area contributed by atoms with E-state index < -0.39 is 0 Å². The fraction of sp³-hybridized carbons (Fsp3) is 0.0909. The van der Waals surface area contributed by atoms with E-state index in [4.69, 9.17) is 11.6 Å². The van der Waals surface area contributed by atoms with Crippen LogP contribution in [0.1, 0.15) is 4.88 Å². The molecule has 0 aliphatic rings. The topological polar surface area (TPSA) is 51.6 Å². The molecule has 18 heavy (non-hydrogen) atoms. The van der Waals surface area contributed by atoms with E-state index in [-0.39, 0.29) is 5.28 Å². The Hall–Kier alpha value is -1.24. The first kappa shape index (κ1) is 11.8. The number of halogens is 1. The number of aromatic nitrogens is 4. The van der Waals surface area contributed by atoms with Crippen molar-refractivity contribution >= 4 is 44.9 Å². The summed E-state index contributed by atoms with van der Waals surface area (Å²) in [5.74, 6) is 0. The number of hydrogen-bond donors (Lipinski definition) is 0. The van der Waals surface area contributed by atoms with Crippen LogP contribution in [0.15, 0.2) is 34.7 Å². The van der Waals surface area contributed by atoms with Gasteiger partial charge in [0.15, 0.2) is 0 Å². The molecule has 3 rings (SSSR count). The Bertz CT molecular complexity index is 699. The van der Waals surface area contributed by atoms with Crippen LogP contribution in [0.25, 0.3) is 10.2 Å². The van der Waals surface area contributed by atoms with Crippen molar-refractivity contribution in [3.8, 4) is 0 Å². The van der Waals surface area contributed by atoms with Gasteiger partial charge in [-0.15, -0.1) is 11.3 Å². The van der Waals surface area contributed by atoms with Gasteiger partial charge in [-0.25, -0.2) is 19.9 Å². The van der Waals surface area contributed by atoms with E-state index in [9.17, 15) is 0 Å². The van der Waals surface area contributed by atoms with Crippen LogP contribution in [0, 0.1) is 6.92 Å². The molecule has 3 heterocycles. The van der Waals surface area contributed by atoms with Crippen LogP contribution < -0.4 is 0 Å². The van der Waals surface area contributed by atoms with Crippen LogP contribution in [0.3, 0.4) is 0 Å². The minimum Gasteiger partial charge on any atom is -0.245 e. The molecule has 0 saturated carbocycles. The molecule has 0 aromatic carbocycles. The van der Waals surface area contributed by atoms with E-state index in [1.807, 2.05) is 13.0 Å². The largest absolute Gasteiger partial charge is 0.245 e. The number of fused-ring (bicyclic) bond motifs is 1. The Morgan fingerprint density at radius 1 is 1.33 bits per heavy atom. The van der Waals surface area contributed by atoms with Gasteiger partial charge >= 0.3 is 0 Å². The summed E-state index contributed by atoms with van der Waals surface area (Å²) >= 11 is 9.01. The highest BCUT2D eigenvalue weighted by Gasteiger charge is 2.11. The van der Waals surface area contributed by atoms with Crippen molar-refractivity contribution in [2.75, 3.05) is 0 Å². The predicted octanol–water partition coefficient (Wildman–Crippen LogP) is 3.59. The maximum atomic E-state index is 5.94. The van der Waals surface area contributed by atoms with Crippen LogP contribution in [-0.2, 0) is 0 Å². The number of aryl methyl sites for hydroxylation is 1. The Kier molecular flexibility index (Phi) is 3.15. The lowest BCUT2D eigenvalue weighted by Crippen LogP contribution is -1.87. The average molecular weight is 295 g/mol. The summed E-state index contributed by atoms with van der Waals surface area (Å²) in [6.45, 7) is 2.04. The molecule has 0 atom stereocenters. The lowest BCUT2D eigenvalue weighted by molar-refractivity contribution is 1.04. The first-order valence-electron chi connectivity index (χ1n) is 5.10. The zero-order valence-corrected chi connectivity index (χ0v) is 11.7. The Morgan fingerprint density at radius 2 is 2.22 bits per heavy atom. The minimum absolute atomic E-state index is 0.265. The number of hydrogen-bond acceptors (Lipinski definition) is 6. The molecule has 0 saturated heterocycles. The number of rotatable bonds is 2. The summed E-state index contributed by atoms with van der Waals surface area (Å²) in [6, 6.07) is 3.91. The molecule has 0 bridgehead atoms. The van der Waals surface area contributed by atoms with Crippen molar-refractivity contribution < 1.29 is 0 Å². The fourth-order valence-electron chi connectivity index (χ4n) is 1.51. The molecule has 3 aromatic heterocycles. The molecule has 0 aliphatic carbocycles. The van der Waals surface area contributed by atoms with Gasteiger partial charge in [0.25, 0.3) is 0 Å². The average Bonchev–Trinajstić information content (AvgIpc) is 2.71. The maximum Gasteiger partial charge on any atom is 0.224 e.